The first-order valence-electron chi connectivity index (χ1n) is 6.80. The number of aliphatic hydroxyl groups is 1. The topological polar surface area (TPSA) is 36.6 Å². The van der Waals surface area contributed by atoms with E-state index in [4.69, 9.17) is 4.42 Å². The molecule has 0 radical (unpaired) electrons. The smallest absolute Gasteiger partial charge is 0.120 e. The van der Waals surface area contributed by atoms with Crippen molar-refractivity contribution in [2.75, 3.05) is 6.54 Å². The monoisotopic (exact) mass is 249 g/mol. The van der Waals surface area contributed by atoms with Crippen molar-refractivity contribution < 1.29 is 9.52 Å². The van der Waals surface area contributed by atoms with Crippen molar-refractivity contribution in [1.82, 2.24) is 4.90 Å². The highest BCUT2D eigenvalue weighted by Gasteiger charge is 2.34. The molecule has 1 fully saturated rings. The van der Waals surface area contributed by atoms with Gasteiger partial charge in [0.05, 0.1) is 18.4 Å². The molecular weight excluding hydrogens is 226 g/mol. The highest BCUT2D eigenvalue weighted by atomic mass is 16.3. The van der Waals surface area contributed by atoms with Crippen LogP contribution in [0.25, 0.3) is 0 Å². The summed E-state index contributed by atoms with van der Waals surface area (Å²) in [5.41, 5.74) is 0. The molecule has 0 aliphatic heterocycles. The summed E-state index contributed by atoms with van der Waals surface area (Å²) in [6.07, 6.45) is 7.43. The van der Waals surface area contributed by atoms with Crippen LogP contribution in [0.15, 0.2) is 35.5 Å². The molecule has 0 bridgehead atoms. The lowest BCUT2D eigenvalue weighted by Gasteiger charge is -2.29. The molecule has 1 aliphatic carbocycles. The van der Waals surface area contributed by atoms with E-state index >= 15 is 0 Å². The molecule has 0 saturated heterocycles. The standard InChI is InChI=1S/C15H23NO2/c1-3-4-6-14(17)11-16(13-8-9-13)12(2)15-7-5-10-18-15/h3,5,7,10,12-14,17H,1,4,6,8-9,11H2,2H3. The highest BCUT2D eigenvalue weighted by Crippen LogP contribution is 2.34. The van der Waals surface area contributed by atoms with E-state index in [0.29, 0.717) is 6.04 Å². The zero-order valence-corrected chi connectivity index (χ0v) is 11.1. The van der Waals surface area contributed by atoms with Gasteiger partial charge in [-0.1, -0.05) is 6.08 Å². The minimum absolute atomic E-state index is 0.242. The van der Waals surface area contributed by atoms with E-state index in [0.717, 1.165) is 25.1 Å². The van der Waals surface area contributed by atoms with Gasteiger partial charge in [0.25, 0.3) is 0 Å². The summed E-state index contributed by atoms with van der Waals surface area (Å²) in [4.78, 5) is 2.37. The van der Waals surface area contributed by atoms with Crippen molar-refractivity contribution in [3.8, 4) is 0 Å². The van der Waals surface area contributed by atoms with Crippen LogP contribution in [0.5, 0.6) is 0 Å². The Morgan fingerprint density at radius 3 is 2.94 bits per heavy atom. The van der Waals surface area contributed by atoms with Crippen LogP contribution in [0.2, 0.25) is 0 Å². The maximum atomic E-state index is 10.1. The van der Waals surface area contributed by atoms with E-state index in [9.17, 15) is 5.11 Å². The Bertz CT molecular complexity index is 357. The second-order valence-corrected chi connectivity index (χ2v) is 5.14. The van der Waals surface area contributed by atoms with Crippen molar-refractivity contribution in [3.05, 3.63) is 36.8 Å². The molecule has 1 aromatic rings. The van der Waals surface area contributed by atoms with Gasteiger partial charge >= 0.3 is 0 Å². The number of rotatable bonds is 8. The summed E-state index contributed by atoms with van der Waals surface area (Å²) >= 11 is 0. The van der Waals surface area contributed by atoms with Crippen molar-refractivity contribution in [2.45, 2.75) is 50.8 Å². The molecule has 3 heteroatoms. The average Bonchev–Trinajstić information content (AvgIpc) is 3.06. The van der Waals surface area contributed by atoms with Crippen LogP contribution in [0.1, 0.15) is 44.4 Å². The van der Waals surface area contributed by atoms with Gasteiger partial charge in [0, 0.05) is 12.6 Å². The largest absolute Gasteiger partial charge is 0.468 e. The minimum Gasteiger partial charge on any atom is -0.468 e. The van der Waals surface area contributed by atoms with E-state index < -0.39 is 0 Å². The fourth-order valence-corrected chi connectivity index (χ4v) is 2.37. The Hall–Kier alpha value is -1.06. The molecule has 1 aliphatic rings. The molecule has 1 aromatic heterocycles. The van der Waals surface area contributed by atoms with E-state index in [2.05, 4.69) is 18.4 Å². The third-order valence-electron chi connectivity index (χ3n) is 3.59. The third kappa shape index (κ3) is 3.47. The number of aliphatic hydroxyl groups excluding tert-OH is 1. The Morgan fingerprint density at radius 1 is 1.61 bits per heavy atom. The summed E-state index contributed by atoms with van der Waals surface area (Å²) in [5, 5.41) is 10.1. The van der Waals surface area contributed by atoms with E-state index in [1.165, 1.54) is 12.8 Å². The molecule has 2 unspecified atom stereocenters. The summed E-state index contributed by atoms with van der Waals surface area (Å²) in [7, 11) is 0. The minimum atomic E-state index is -0.277. The lowest BCUT2D eigenvalue weighted by atomic mass is 10.1. The Kier molecular flexibility index (Phi) is 4.61. The first-order valence-corrected chi connectivity index (χ1v) is 6.80. The van der Waals surface area contributed by atoms with Crippen LogP contribution in [0.4, 0.5) is 0 Å². The van der Waals surface area contributed by atoms with Crippen molar-refractivity contribution in [2.24, 2.45) is 0 Å². The molecule has 3 nitrogen and oxygen atoms in total. The number of hydrogen-bond donors (Lipinski definition) is 1. The van der Waals surface area contributed by atoms with Gasteiger partial charge < -0.3 is 9.52 Å². The maximum absolute atomic E-state index is 10.1. The fraction of sp³-hybridized carbons (Fsp3) is 0.600. The maximum Gasteiger partial charge on any atom is 0.120 e. The molecule has 2 rings (SSSR count). The molecule has 0 spiro atoms. The highest BCUT2D eigenvalue weighted by molar-refractivity contribution is 5.05. The van der Waals surface area contributed by atoms with Gasteiger partial charge in [-0.05, 0) is 44.7 Å². The van der Waals surface area contributed by atoms with Crippen LogP contribution < -0.4 is 0 Å². The molecule has 100 valence electrons. The first kappa shape index (κ1) is 13.4. The summed E-state index contributed by atoms with van der Waals surface area (Å²) in [6, 6.07) is 4.79. The Morgan fingerprint density at radius 2 is 2.39 bits per heavy atom. The van der Waals surface area contributed by atoms with Gasteiger partial charge in [0.15, 0.2) is 0 Å². The Balaban J connectivity index is 1.93. The zero-order valence-electron chi connectivity index (χ0n) is 11.1. The van der Waals surface area contributed by atoms with Gasteiger partial charge in [0.1, 0.15) is 5.76 Å². The van der Waals surface area contributed by atoms with E-state index in [1.54, 1.807) is 6.26 Å². The first-order chi connectivity index (χ1) is 8.72. The molecule has 1 saturated carbocycles. The average molecular weight is 249 g/mol. The zero-order chi connectivity index (χ0) is 13.0. The molecular formula is C15H23NO2. The third-order valence-corrected chi connectivity index (χ3v) is 3.59. The second-order valence-electron chi connectivity index (χ2n) is 5.14. The molecule has 0 amide bonds. The quantitative estimate of drug-likeness (QED) is 0.719. The van der Waals surface area contributed by atoms with E-state index in [-0.39, 0.29) is 12.1 Å². The number of furan rings is 1. The van der Waals surface area contributed by atoms with Crippen LogP contribution >= 0.6 is 0 Å². The predicted octanol–water partition coefficient (Wildman–Crippen LogP) is 3.13. The normalized spacial score (nSPS) is 18.8. The number of nitrogens with zero attached hydrogens (tertiary/aromatic N) is 1. The fourth-order valence-electron chi connectivity index (χ4n) is 2.37. The summed E-state index contributed by atoms with van der Waals surface area (Å²) < 4.78 is 5.48. The van der Waals surface area contributed by atoms with Crippen molar-refractivity contribution in [1.29, 1.82) is 0 Å². The molecule has 0 aromatic carbocycles. The summed E-state index contributed by atoms with van der Waals surface area (Å²) in [5.74, 6) is 0.984. The van der Waals surface area contributed by atoms with Crippen LogP contribution in [-0.2, 0) is 0 Å². The van der Waals surface area contributed by atoms with Gasteiger partial charge in [-0.25, -0.2) is 0 Å². The number of hydrogen-bond acceptors (Lipinski definition) is 3. The lowest BCUT2D eigenvalue weighted by Crippen LogP contribution is -2.36. The van der Waals surface area contributed by atoms with Gasteiger partial charge in [0.2, 0.25) is 0 Å². The number of allylic oxidation sites excluding steroid dienone is 1. The SMILES string of the molecule is C=CCCC(O)CN(C1CC1)C(C)c1ccco1. The van der Waals surface area contributed by atoms with Gasteiger partial charge in [-0.15, -0.1) is 6.58 Å². The van der Waals surface area contributed by atoms with Gasteiger partial charge in [-0.3, -0.25) is 4.90 Å². The Labute approximate surface area is 109 Å². The summed E-state index contributed by atoms with van der Waals surface area (Å²) in [6.45, 7) is 6.57. The van der Waals surface area contributed by atoms with Crippen LogP contribution in [-0.4, -0.2) is 28.7 Å². The molecule has 18 heavy (non-hydrogen) atoms. The lowest BCUT2D eigenvalue weighted by molar-refractivity contribution is 0.0744. The van der Waals surface area contributed by atoms with Crippen LogP contribution in [0, 0.1) is 0 Å². The van der Waals surface area contributed by atoms with Crippen molar-refractivity contribution >= 4 is 0 Å². The van der Waals surface area contributed by atoms with Gasteiger partial charge in [-0.2, -0.15) is 0 Å². The second kappa shape index (κ2) is 6.21. The van der Waals surface area contributed by atoms with Crippen LogP contribution in [0.3, 0.4) is 0 Å². The van der Waals surface area contributed by atoms with E-state index in [1.807, 2.05) is 18.2 Å². The molecule has 2 atom stereocenters. The predicted molar refractivity (Wildman–Crippen MR) is 72.3 cm³/mol. The van der Waals surface area contributed by atoms with Crippen molar-refractivity contribution in [3.63, 3.8) is 0 Å². The molecule has 1 N–H and O–H groups in total. The molecule has 1 heterocycles.